The molecule has 8 nitrogen and oxygen atoms in total. The van der Waals surface area contributed by atoms with Crippen molar-refractivity contribution < 1.29 is 28.3 Å². The van der Waals surface area contributed by atoms with E-state index in [0.717, 1.165) is 59.7 Å². The van der Waals surface area contributed by atoms with Crippen molar-refractivity contribution in [3.63, 3.8) is 0 Å². The zero-order valence-electron chi connectivity index (χ0n) is 25.0. The summed E-state index contributed by atoms with van der Waals surface area (Å²) in [6, 6.07) is 9.40. The molecule has 4 aromatic rings. The number of phenols is 1. The van der Waals surface area contributed by atoms with Gasteiger partial charge in [-0.1, -0.05) is 32.1 Å². The van der Waals surface area contributed by atoms with Crippen LogP contribution in [0.15, 0.2) is 53.4 Å². The number of rotatable bonds is 8. The maximum atomic E-state index is 13.0. The third-order valence-electron chi connectivity index (χ3n) is 9.38. The topological polar surface area (TPSA) is 85.0 Å². The van der Waals surface area contributed by atoms with Crippen molar-refractivity contribution in [2.45, 2.75) is 44.6 Å². The molecule has 2 fully saturated rings. The fourth-order valence-corrected chi connectivity index (χ4v) is 6.83. The molecule has 1 saturated carbocycles. The summed E-state index contributed by atoms with van der Waals surface area (Å²) in [5.41, 5.74) is 2.49. The van der Waals surface area contributed by atoms with Gasteiger partial charge in [-0.2, -0.15) is 0 Å². The molecule has 0 radical (unpaired) electrons. The normalized spacial score (nSPS) is 18.7. The first-order valence-corrected chi connectivity index (χ1v) is 15.2. The molecule has 8 heteroatoms. The molecule has 2 aromatic heterocycles. The molecular weight excluding hydrogens is 530 g/mol. The number of pyridine rings is 1. The molecule has 6 rings (SSSR count). The first kappa shape index (κ1) is 28.5. The maximum absolute atomic E-state index is 13.0. The van der Waals surface area contributed by atoms with E-state index in [2.05, 4.69) is 24.0 Å². The van der Waals surface area contributed by atoms with Crippen molar-refractivity contribution in [2.75, 3.05) is 54.0 Å². The number of fused-ring (bicyclic) bond motifs is 3. The van der Waals surface area contributed by atoms with E-state index in [1.165, 1.54) is 45.5 Å². The van der Waals surface area contributed by atoms with Gasteiger partial charge in [-0.25, -0.2) is 4.79 Å². The molecule has 1 atom stereocenters. The molecule has 2 aromatic carbocycles. The molecule has 1 aliphatic carbocycles. The number of hydrogen-bond donors (Lipinski definition) is 1. The van der Waals surface area contributed by atoms with Crippen LogP contribution in [0, 0.1) is 5.92 Å². The number of methoxy groups -OCH3 is 1. The van der Waals surface area contributed by atoms with E-state index in [4.69, 9.17) is 13.9 Å². The van der Waals surface area contributed by atoms with E-state index >= 15 is 0 Å². The van der Waals surface area contributed by atoms with Crippen molar-refractivity contribution in [1.82, 2.24) is 9.88 Å². The summed E-state index contributed by atoms with van der Waals surface area (Å²) >= 11 is 0. The van der Waals surface area contributed by atoms with E-state index in [9.17, 15) is 9.90 Å². The average molecular weight is 573 g/mol. The Balaban J connectivity index is 1.48. The highest BCUT2D eigenvalue weighted by atomic mass is 16.5. The third kappa shape index (κ3) is 5.57. The molecular formula is C34H42N3O5+. The van der Waals surface area contributed by atoms with Crippen molar-refractivity contribution in [3.8, 4) is 11.5 Å². The lowest BCUT2D eigenvalue weighted by atomic mass is 9.87. The van der Waals surface area contributed by atoms with Crippen molar-refractivity contribution in [3.05, 3.63) is 65.7 Å². The van der Waals surface area contributed by atoms with Crippen LogP contribution in [0.4, 0.5) is 0 Å². The second kappa shape index (κ2) is 11.9. The monoisotopic (exact) mass is 572 g/mol. The molecule has 0 bridgehead atoms. The molecule has 1 N–H and O–H groups in total. The Bertz CT molecular complexity index is 1550. The molecule has 0 amide bonds. The van der Waals surface area contributed by atoms with Gasteiger partial charge in [-0.05, 0) is 48.2 Å². The fourth-order valence-electron chi connectivity index (χ4n) is 6.83. The maximum Gasteiger partial charge on any atom is 0.341 e. The number of aromatic hydroxyl groups is 1. The smallest absolute Gasteiger partial charge is 0.341 e. The fraction of sp³-hybridized carbons (Fsp3) is 0.471. The Hall–Kier alpha value is -3.62. The van der Waals surface area contributed by atoms with Gasteiger partial charge in [0.25, 0.3) is 0 Å². The van der Waals surface area contributed by atoms with Crippen LogP contribution >= 0.6 is 0 Å². The summed E-state index contributed by atoms with van der Waals surface area (Å²) in [5.74, 6) is 1.08. The summed E-state index contributed by atoms with van der Waals surface area (Å²) in [4.78, 5) is 19.6. The van der Waals surface area contributed by atoms with Crippen molar-refractivity contribution in [2.24, 2.45) is 5.92 Å². The highest BCUT2D eigenvalue weighted by molar-refractivity contribution is 6.16. The van der Waals surface area contributed by atoms with Gasteiger partial charge in [0.1, 0.15) is 28.9 Å². The first-order chi connectivity index (χ1) is 20.4. The number of likely N-dealkylation sites (N-methyl/N-ethyl adjacent to an activating group) is 1. The Labute approximate surface area is 247 Å². The molecule has 42 heavy (non-hydrogen) atoms. The lowest BCUT2D eigenvalue weighted by molar-refractivity contribution is -0.894. The summed E-state index contributed by atoms with van der Waals surface area (Å²) in [6.07, 6.45) is 12.6. The molecule has 1 unspecified atom stereocenters. The van der Waals surface area contributed by atoms with Crippen molar-refractivity contribution in [1.29, 1.82) is 0 Å². The Kier molecular flexibility index (Phi) is 8.10. The number of nitrogens with zero attached hydrogens (tertiary/aromatic N) is 3. The molecule has 1 aliphatic heterocycles. The quantitative estimate of drug-likeness (QED) is 0.196. The molecule has 3 heterocycles. The van der Waals surface area contributed by atoms with Crippen LogP contribution in [-0.4, -0.2) is 79.4 Å². The average Bonchev–Trinajstić information content (AvgIpc) is 3.45. The van der Waals surface area contributed by atoms with Crippen LogP contribution in [-0.2, 0) is 4.74 Å². The standard InChI is InChI=1S/C34H41N3O5/c1-37(2)18-16-36(17-19-37)31(24-11-14-35-15-12-24)30-29-28(34(39)40-3)22-42-33(29)26-10-9-25(21-27(26)32(30)38)41-20-13-23-7-5-4-6-8-23/h9-12,14-15,21-23,31H,4-8,13,16-20H2,1-3H3/p+1. The molecule has 0 spiro atoms. The molecule has 2 aliphatic rings. The van der Waals surface area contributed by atoms with Gasteiger partial charge >= 0.3 is 5.97 Å². The number of esters is 1. The predicted octanol–water partition coefficient (Wildman–Crippen LogP) is 6.30. The largest absolute Gasteiger partial charge is 0.507 e. The van der Waals surface area contributed by atoms with E-state index in [-0.39, 0.29) is 11.8 Å². The minimum absolute atomic E-state index is 0.128. The van der Waals surface area contributed by atoms with Crippen molar-refractivity contribution >= 4 is 27.7 Å². The number of carbonyl (C=O) groups is 1. The highest BCUT2D eigenvalue weighted by Gasteiger charge is 2.36. The van der Waals surface area contributed by atoms with Crippen LogP contribution in [0.3, 0.4) is 0 Å². The zero-order valence-corrected chi connectivity index (χ0v) is 25.0. The van der Waals surface area contributed by atoms with Crippen LogP contribution in [0.5, 0.6) is 11.5 Å². The second-order valence-corrected chi connectivity index (χ2v) is 12.6. The number of carbonyl (C=O) groups excluding carboxylic acids is 1. The van der Waals surface area contributed by atoms with Gasteiger partial charge in [0.15, 0.2) is 0 Å². The van der Waals surface area contributed by atoms with Crippen LogP contribution < -0.4 is 4.74 Å². The lowest BCUT2D eigenvalue weighted by Crippen LogP contribution is -2.55. The van der Waals surface area contributed by atoms with E-state index in [1.54, 1.807) is 12.4 Å². The minimum Gasteiger partial charge on any atom is -0.507 e. The predicted molar refractivity (Wildman–Crippen MR) is 163 cm³/mol. The van der Waals surface area contributed by atoms with E-state index in [0.29, 0.717) is 34.1 Å². The zero-order chi connectivity index (χ0) is 29.3. The van der Waals surface area contributed by atoms with Crippen LogP contribution in [0.25, 0.3) is 21.7 Å². The number of piperazine rings is 1. The highest BCUT2D eigenvalue weighted by Crippen LogP contribution is 2.47. The molecule has 1 saturated heterocycles. The number of hydrogen-bond acceptors (Lipinski definition) is 7. The second-order valence-electron chi connectivity index (χ2n) is 12.6. The Morgan fingerprint density at radius 1 is 1.10 bits per heavy atom. The summed E-state index contributed by atoms with van der Waals surface area (Å²) < 4.78 is 18.4. The van der Waals surface area contributed by atoms with E-state index < -0.39 is 5.97 Å². The SMILES string of the molecule is COC(=O)c1coc2c1c(C(c1ccncc1)N1CC[N+](C)(C)CC1)c(O)c1cc(OCCC3CCCCC3)ccc12. The van der Waals surface area contributed by atoms with Gasteiger partial charge in [0.05, 0.1) is 46.9 Å². The van der Waals surface area contributed by atoms with Crippen LogP contribution in [0.1, 0.15) is 66.1 Å². The van der Waals surface area contributed by atoms with E-state index in [1.807, 2.05) is 30.3 Å². The summed E-state index contributed by atoms with van der Waals surface area (Å²) in [7, 11) is 5.85. The summed E-state index contributed by atoms with van der Waals surface area (Å²) in [6.45, 7) is 4.24. The van der Waals surface area contributed by atoms with Gasteiger partial charge in [0.2, 0.25) is 0 Å². The number of ether oxygens (including phenoxy) is 2. The minimum atomic E-state index is -0.499. The third-order valence-corrected chi connectivity index (χ3v) is 9.38. The number of benzene rings is 2. The van der Waals surface area contributed by atoms with Gasteiger partial charge in [-0.3, -0.25) is 9.88 Å². The molecule has 222 valence electrons. The number of aromatic nitrogens is 1. The van der Waals surface area contributed by atoms with Gasteiger partial charge in [-0.15, -0.1) is 0 Å². The Morgan fingerprint density at radius 3 is 2.55 bits per heavy atom. The summed E-state index contributed by atoms with van der Waals surface area (Å²) in [5, 5.41) is 14.1. The van der Waals surface area contributed by atoms with Gasteiger partial charge in [0, 0.05) is 47.2 Å². The van der Waals surface area contributed by atoms with Gasteiger partial charge < -0.3 is 23.5 Å². The number of furan rings is 1. The van der Waals surface area contributed by atoms with Crippen LogP contribution in [0.2, 0.25) is 0 Å². The Morgan fingerprint density at radius 2 is 1.83 bits per heavy atom. The number of quaternary nitrogens is 1. The lowest BCUT2D eigenvalue weighted by Gasteiger charge is -2.42. The number of phenolic OH excluding ortho intramolecular Hbond substituents is 1. The first-order valence-electron chi connectivity index (χ1n) is 15.2.